The summed E-state index contributed by atoms with van der Waals surface area (Å²) in [5.41, 5.74) is 0.791. The van der Waals surface area contributed by atoms with Gasteiger partial charge in [0.15, 0.2) is 6.04 Å². The zero-order valence-corrected chi connectivity index (χ0v) is 12.0. The fourth-order valence-electron chi connectivity index (χ4n) is 2.64. The third-order valence-electron chi connectivity index (χ3n) is 3.80. The van der Waals surface area contributed by atoms with E-state index in [1.54, 1.807) is 0 Å². The van der Waals surface area contributed by atoms with Crippen LogP contribution in [0.25, 0.3) is 11.0 Å². The maximum Gasteiger partial charge on any atom is 0.328 e. The highest BCUT2D eigenvalue weighted by Gasteiger charge is 2.32. The van der Waals surface area contributed by atoms with E-state index in [0.29, 0.717) is 19.6 Å². The molecule has 1 N–H and O–H groups in total. The zero-order chi connectivity index (χ0) is 15.5. The molecule has 0 spiro atoms. The summed E-state index contributed by atoms with van der Waals surface area (Å²) >= 11 is 0. The van der Waals surface area contributed by atoms with E-state index in [2.05, 4.69) is 0 Å². The lowest BCUT2D eigenvalue weighted by Crippen LogP contribution is -2.52. The van der Waals surface area contributed by atoms with Crippen LogP contribution in [0.1, 0.15) is 12.2 Å². The number of carbonyl (C=O) groups is 2. The molecule has 1 atom stereocenters. The van der Waals surface area contributed by atoms with Crippen LogP contribution in [-0.4, -0.2) is 47.7 Å². The van der Waals surface area contributed by atoms with E-state index in [4.69, 9.17) is 14.3 Å². The number of para-hydroxylation sites is 1. The minimum absolute atomic E-state index is 0.0473. The molecule has 1 amide bonds. The van der Waals surface area contributed by atoms with E-state index in [0.717, 1.165) is 16.7 Å². The molecule has 0 bridgehead atoms. The topological polar surface area (TPSA) is 80.0 Å². The Morgan fingerprint density at radius 1 is 1.32 bits per heavy atom. The van der Waals surface area contributed by atoms with Gasteiger partial charge >= 0.3 is 5.97 Å². The monoisotopic (exact) mass is 303 g/mol. The van der Waals surface area contributed by atoms with Gasteiger partial charge in [0.05, 0.1) is 13.2 Å². The van der Waals surface area contributed by atoms with Crippen LogP contribution in [-0.2, 0) is 20.7 Å². The van der Waals surface area contributed by atoms with E-state index in [1.807, 2.05) is 30.3 Å². The Labute approximate surface area is 127 Å². The second-order valence-corrected chi connectivity index (χ2v) is 5.27. The van der Waals surface area contributed by atoms with Crippen molar-refractivity contribution < 1.29 is 23.8 Å². The number of hydrogen-bond acceptors (Lipinski definition) is 4. The number of carbonyl (C=O) groups excluding carboxylic acids is 1. The Balaban J connectivity index is 1.64. The first kappa shape index (κ1) is 14.6. The van der Waals surface area contributed by atoms with Crippen LogP contribution in [0.2, 0.25) is 0 Å². The number of ether oxygens (including phenoxy) is 1. The number of benzene rings is 1. The number of amides is 1. The lowest BCUT2D eigenvalue weighted by atomic mass is 10.1. The van der Waals surface area contributed by atoms with Gasteiger partial charge in [-0.1, -0.05) is 18.2 Å². The average Bonchev–Trinajstić information content (AvgIpc) is 2.95. The van der Waals surface area contributed by atoms with Crippen molar-refractivity contribution >= 4 is 22.8 Å². The summed E-state index contributed by atoms with van der Waals surface area (Å²) in [6, 6.07) is 8.67. The van der Waals surface area contributed by atoms with Crippen LogP contribution in [0, 0.1) is 0 Å². The Hall–Kier alpha value is -2.34. The van der Waals surface area contributed by atoms with Crippen molar-refractivity contribution in [3.8, 4) is 0 Å². The van der Waals surface area contributed by atoms with Crippen molar-refractivity contribution in [3.05, 3.63) is 36.1 Å². The highest BCUT2D eigenvalue weighted by Crippen LogP contribution is 2.20. The number of fused-ring (bicyclic) bond motifs is 1. The molecule has 22 heavy (non-hydrogen) atoms. The molecule has 2 aromatic rings. The van der Waals surface area contributed by atoms with Crippen LogP contribution in [0.3, 0.4) is 0 Å². The molecule has 6 nitrogen and oxygen atoms in total. The maximum absolute atomic E-state index is 12.3. The Morgan fingerprint density at radius 2 is 2.14 bits per heavy atom. The van der Waals surface area contributed by atoms with Crippen molar-refractivity contribution in [2.45, 2.75) is 18.9 Å². The van der Waals surface area contributed by atoms with Crippen molar-refractivity contribution in [1.82, 2.24) is 4.90 Å². The summed E-state index contributed by atoms with van der Waals surface area (Å²) in [4.78, 5) is 24.8. The van der Waals surface area contributed by atoms with E-state index in [9.17, 15) is 9.59 Å². The minimum Gasteiger partial charge on any atom is -0.480 e. The minimum atomic E-state index is -1.03. The van der Waals surface area contributed by atoms with Gasteiger partial charge in [-0.25, -0.2) is 4.79 Å². The van der Waals surface area contributed by atoms with Gasteiger partial charge in [-0.15, -0.1) is 0 Å². The summed E-state index contributed by atoms with van der Waals surface area (Å²) in [6.07, 6.45) is 0.681. The first-order valence-corrected chi connectivity index (χ1v) is 7.22. The molecule has 0 radical (unpaired) electrons. The van der Waals surface area contributed by atoms with Crippen molar-refractivity contribution in [3.63, 3.8) is 0 Å². The number of carboxylic acids is 1. The summed E-state index contributed by atoms with van der Waals surface area (Å²) in [5, 5.41) is 10.1. The molecule has 1 aliphatic rings. The Bertz CT molecular complexity index is 660. The third kappa shape index (κ3) is 2.96. The highest BCUT2D eigenvalue weighted by atomic mass is 16.5. The largest absolute Gasteiger partial charge is 0.480 e. The van der Waals surface area contributed by atoms with Crippen molar-refractivity contribution in [1.29, 1.82) is 0 Å². The van der Waals surface area contributed by atoms with Gasteiger partial charge in [0.1, 0.15) is 11.3 Å². The number of hydrogen-bond donors (Lipinski definition) is 1. The number of aryl methyl sites for hydroxylation is 1. The SMILES string of the molecule is O=C(O)C1COCCN1C(=O)CCc1cc2ccccc2o1. The normalized spacial score (nSPS) is 18.5. The standard InChI is InChI=1S/C16H17NO5/c18-15(17-7-8-21-10-13(17)16(19)20)6-5-12-9-11-3-1-2-4-14(11)22-12/h1-4,9,13H,5-8,10H2,(H,19,20). The number of morpholine rings is 1. The smallest absolute Gasteiger partial charge is 0.328 e. The van der Waals surface area contributed by atoms with Gasteiger partial charge in [0, 0.05) is 24.8 Å². The molecular weight excluding hydrogens is 286 g/mol. The summed E-state index contributed by atoms with van der Waals surface area (Å²) in [7, 11) is 0. The van der Waals surface area contributed by atoms with E-state index >= 15 is 0 Å². The second-order valence-electron chi connectivity index (χ2n) is 5.27. The lowest BCUT2D eigenvalue weighted by molar-refractivity contribution is -0.158. The first-order valence-electron chi connectivity index (χ1n) is 7.22. The Kier molecular flexibility index (Phi) is 4.11. The van der Waals surface area contributed by atoms with Crippen molar-refractivity contribution in [2.24, 2.45) is 0 Å². The third-order valence-corrected chi connectivity index (χ3v) is 3.80. The quantitative estimate of drug-likeness (QED) is 0.929. The zero-order valence-electron chi connectivity index (χ0n) is 12.0. The molecule has 1 fully saturated rings. The molecule has 116 valence electrons. The van der Waals surface area contributed by atoms with E-state index in [1.165, 1.54) is 4.90 Å². The maximum atomic E-state index is 12.3. The van der Waals surface area contributed by atoms with Gasteiger partial charge < -0.3 is 19.2 Å². The highest BCUT2D eigenvalue weighted by molar-refractivity contribution is 5.84. The van der Waals surface area contributed by atoms with Gasteiger partial charge in [-0.3, -0.25) is 4.79 Å². The summed E-state index contributed by atoms with van der Waals surface area (Å²) in [5.74, 6) is -0.484. The molecule has 1 aromatic heterocycles. The molecule has 0 saturated carbocycles. The fourth-order valence-corrected chi connectivity index (χ4v) is 2.64. The molecule has 1 aliphatic heterocycles. The van der Waals surface area contributed by atoms with Crippen LogP contribution in [0.15, 0.2) is 34.7 Å². The Morgan fingerprint density at radius 3 is 2.91 bits per heavy atom. The summed E-state index contributed by atoms with van der Waals surface area (Å²) < 4.78 is 10.8. The summed E-state index contributed by atoms with van der Waals surface area (Å²) in [6.45, 7) is 0.738. The van der Waals surface area contributed by atoms with Crippen LogP contribution in [0.5, 0.6) is 0 Å². The molecule has 2 heterocycles. The predicted octanol–water partition coefficient (Wildman–Crippen LogP) is 1.68. The number of carboxylic acid groups (broad SMARTS) is 1. The first-order chi connectivity index (χ1) is 10.6. The average molecular weight is 303 g/mol. The number of furan rings is 1. The van der Waals surface area contributed by atoms with E-state index < -0.39 is 12.0 Å². The second kappa shape index (κ2) is 6.19. The van der Waals surface area contributed by atoms with Crippen LogP contribution in [0.4, 0.5) is 0 Å². The van der Waals surface area contributed by atoms with Crippen LogP contribution >= 0.6 is 0 Å². The number of aliphatic carboxylic acids is 1. The number of rotatable bonds is 4. The fraction of sp³-hybridized carbons (Fsp3) is 0.375. The predicted molar refractivity (Wildman–Crippen MR) is 78.5 cm³/mol. The molecule has 6 heteroatoms. The molecule has 1 saturated heterocycles. The molecule has 0 aliphatic carbocycles. The van der Waals surface area contributed by atoms with Gasteiger partial charge in [-0.05, 0) is 12.1 Å². The van der Waals surface area contributed by atoms with Gasteiger partial charge in [0.2, 0.25) is 5.91 Å². The van der Waals surface area contributed by atoms with Gasteiger partial charge in [-0.2, -0.15) is 0 Å². The molecule has 1 unspecified atom stereocenters. The lowest BCUT2D eigenvalue weighted by Gasteiger charge is -2.32. The van der Waals surface area contributed by atoms with Crippen LogP contribution < -0.4 is 0 Å². The van der Waals surface area contributed by atoms with Crippen molar-refractivity contribution in [2.75, 3.05) is 19.8 Å². The van der Waals surface area contributed by atoms with Gasteiger partial charge in [0.25, 0.3) is 0 Å². The molecule has 3 rings (SSSR count). The van der Waals surface area contributed by atoms with E-state index in [-0.39, 0.29) is 18.9 Å². The molecule has 1 aromatic carbocycles. The molecular formula is C16H17NO5. The number of nitrogens with zero attached hydrogens (tertiary/aromatic N) is 1.